The Hall–Kier alpha value is -2.74. The molecule has 132 valence electrons. The highest BCUT2D eigenvalue weighted by atomic mass is 19.1. The molecule has 0 bridgehead atoms. The second kappa shape index (κ2) is 7.43. The fourth-order valence-electron chi connectivity index (χ4n) is 2.69. The minimum atomic E-state index is -0.310. The zero-order valence-electron chi connectivity index (χ0n) is 14.0. The number of urea groups is 1. The summed E-state index contributed by atoms with van der Waals surface area (Å²) < 4.78 is 24.0. The molecule has 1 aliphatic rings. The van der Waals surface area contributed by atoms with Crippen LogP contribution in [0.5, 0.6) is 5.88 Å². The molecule has 0 saturated carbocycles. The zero-order valence-corrected chi connectivity index (χ0v) is 14.0. The lowest BCUT2D eigenvalue weighted by Gasteiger charge is -2.36. The van der Waals surface area contributed by atoms with Crippen LogP contribution in [0.3, 0.4) is 0 Å². The summed E-state index contributed by atoms with van der Waals surface area (Å²) in [5.41, 5.74) is 0.828. The van der Waals surface area contributed by atoms with E-state index >= 15 is 0 Å². The smallest absolute Gasteiger partial charge is 0.323 e. The SMILES string of the molecule is COc1cc(NC(=O)N2C[C@@H](c3ccc(F)cc3)O[C@@H](C)C2)ncn1. The summed E-state index contributed by atoms with van der Waals surface area (Å²) in [5.74, 6) is 0.416. The van der Waals surface area contributed by atoms with Crippen molar-refractivity contribution in [3.05, 3.63) is 48.0 Å². The Bertz CT molecular complexity index is 741. The average molecular weight is 346 g/mol. The molecule has 8 heteroatoms. The van der Waals surface area contributed by atoms with Gasteiger partial charge in [0, 0.05) is 12.6 Å². The Balaban J connectivity index is 1.70. The molecular formula is C17H19FN4O3. The third kappa shape index (κ3) is 4.21. The molecule has 0 unspecified atom stereocenters. The Kier molecular flexibility index (Phi) is 5.08. The third-order valence-electron chi connectivity index (χ3n) is 3.88. The van der Waals surface area contributed by atoms with Crippen molar-refractivity contribution in [2.75, 3.05) is 25.5 Å². The molecule has 3 rings (SSSR count). The van der Waals surface area contributed by atoms with Crippen molar-refractivity contribution in [1.82, 2.24) is 14.9 Å². The maximum atomic E-state index is 13.1. The van der Waals surface area contributed by atoms with Crippen LogP contribution in [0.15, 0.2) is 36.7 Å². The van der Waals surface area contributed by atoms with Gasteiger partial charge in [-0.1, -0.05) is 12.1 Å². The summed E-state index contributed by atoms with van der Waals surface area (Å²) in [6.45, 7) is 2.71. The number of benzene rings is 1. The first-order chi connectivity index (χ1) is 12.0. The number of carbonyl (C=O) groups is 1. The monoisotopic (exact) mass is 346 g/mol. The van der Waals surface area contributed by atoms with Gasteiger partial charge < -0.3 is 14.4 Å². The largest absolute Gasteiger partial charge is 0.481 e. The first-order valence-electron chi connectivity index (χ1n) is 7.88. The zero-order chi connectivity index (χ0) is 17.8. The number of halogens is 1. The van der Waals surface area contributed by atoms with Crippen LogP contribution in [-0.4, -0.2) is 47.2 Å². The summed E-state index contributed by atoms with van der Waals surface area (Å²) in [6, 6.07) is 7.36. The second-order valence-corrected chi connectivity index (χ2v) is 5.77. The number of nitrogens with zero attached hydrogens (tertiary/aromatic N) is 3. The number of hydrogen-bond acceptors (Lipinski definition) is 5. The number of ether oxygens (including phenoxy) is 2. The van der Waals surface area contributed by atoms with Crippen LogP contribution < -0.4 is 10.1 Å². The van der Waals surface area contributed by atoms with E-state index in [4.69, 9.17) is 9.47 Å². The van der Waals surface area contributed by atoms with Gasteiger partial charge in [0.15, 0.2) is 0 Å². The molecule has 25 heavy (non-hydrogen) atoms. The van der Waals surface area contributed by atoms with Gasteiger partial charge in [-0.15, -0.1) is 0 Å². The fraction of sp³-hybridized carbons (Fsp3) is 0.353. The van der Waals surface area contributed by atoms with E-state index in [0.717, 1.165) is 5.56 Å². The van der Waals surface area contributed by atoms with Crippen LogP contribution in [0.25, 0.3) is 0 Å². The fourth-order valence-corrected chi connectivity index (χ4v) is 2.69. The molecule has 2 amide bonds. The van der Waals surface area contributed by atoms with Gasteiger partial charge >= 0.3 is 6.03 Å². The Morgan fingerprint density at radius 1 is 1.32 bits per heavy atom. The summed E-state index contributed by atoms with van der Waals surface area (Å²) in [5, 5.41) is 2.73. The van der Waals surface area contributed by atoms with Gasteiger partial charge in [-0.05, 0) is 24.6 Å². The number of methoxy groups -OCH3 is 1. The predicted molar refractivity (Wildman–Crippen MR) is 88.9 cm³/mol. The second-order valence-electron chi connectivity index (χ2n) is 5.77. The topological polar surface area (TPSA) is 76.6 Å². The molecule has 2 aromatic rings. The Morgan fingerprint density at radius 2 is 2.08 bits per heavy atom. The van der Waals surface area contributed by atoms with Crippen LogP contribution in [0, 0.1) is 5.82 Å². The first-order valence-corrected chi connectivity index (χ1v) is 7.88. The first kappa shape index (κ1) is 17.1. The summed E-state index contributed by atoms with van der Waals surface area (Å²) >= 11 is 0. The van der Waals surface area contributed by atoms with Crippen molar-refractivity contribution in [3.8, 4) is 5.88 Å². The molecule has 1 aromatic heterocycles. The maximum Gasteiger partial charge on any atom is 0.323 e. The number of amides is 2. The van der Waals surface area contributed by atoms with Crippen molar-refractivity contribution in [1.29, 1.82) is 0 Å². The highest BCUT2D eigenvalue weighted by molar-refractivity contribution is 5.88. The molecule has 0 spiro atoms. The quantitative estimate of drug-likeness (QED) is 0.924. The third-order valence-corrected chi connectivity index (χ3v) is 3.88. The highest BCUT2D eigenvalue weighted by Crippen LogP contribution is 2.26. The molecule has 0 aliphatic carbocycles. The van der Waals surface area contributed by atoms with Gasteiger partial charge in [-0.3, -0.25) is 5.32 Å². The Morgan fingerprint density at radius 3 is 2.80 bits per heavy atom. The van der Waals surface area contributed by atoms with E-state index in [1.807, 2.05) is 6.92 Å². The summed E-state index contributed by atoms with van der Waals surface area (Å²) in [6.07, 6.45) is 0.863. The van der Waals surface area contributed by atoms with E-state index in [1.165, 1.54) is 25.6 Å². The van der Waals surface area contributed by atoms with E-state index < -0.39 is 0 Å². The molecule has 0 radical (unpaired) electrons. The molecular weight excluding hydrogens is 327 g/mol. The van der Waals surface area contributed by atoms with E-state index in [0.29, 0.717) is 24.8 Å². The summed E-state index contributed by atoms with van der Waals surface area (Å²) in [7, 11) is 1.49. The van der Waals surface area contributed by atoms with E-state index in [9.17, 15) is 9.18 Å². The van der Waals surface area contributed by atoms with E-state index in [-0.39, 0.29) is 24.1 Å². The van der Waals surface area contributed by atoms with Gasteiger partial charge in [0.1, 0.15) is 24.1 Å². The average Bonchev–Trinajstić information content (AvgIpc) is 2.62. The van der Waals surface area contributed by atoms with Crippen LogP contribution in [0.4, 0.5) is 15.0 Å². The van der Waals surface area contributed by atoms with Gasteiger partial charge in [-0.2, -0.15) is 0 Å². The van der Waals surface area contributed by atoms with E-state index in [1.54, 1.807) is 23.1 Å². The van der Waals surface area contributed by atoms with Crippen molar-refractivity contribution in [3.63, 3.8) is 0 Å². The van der Waals surface area contributed by atoms with Crippen molar-refractivity contribution in [2.45, 2.75) is 19.1 Å². The molecule has 2 atom stereocenters. The molecule has 7 nitrogen and oxygen atoms in total. The molecule has 1 N–H and O–H groups in total. The van der Waals surface area contributed by atoms with Crippen LogP contribution in [0.1, 0.15) is 18.6 Å². The number of aromatic nitrogens is 2. The summed E-state index contributed by atoms with van der Waals surface area (Å²) in [4.78, 5) is 22.1. The standard InChI is InChI=1S/C17H19FN4O3/c1-11-8-22(9-14(25-11)12-3-5-13(18)6-4-12)17(23)21-15-7-16(24-2)20-10-19-15/h3-7,10-11,14H,8-9H2,1-2H3,(H,19,20,21,23)/t11-,14-/m0/s1. The molecule has 1 saturated heterocycles. The lowest BCUT2D eigenvalue weighted by molar-refractivity contribution is -0.0642. The minimum absolute atomic E-state index is 0.144. The van der Waals surface area contributed by atoms with Crippen LogP contribution >= 0.6 is 0 Å². The Labute approximate surface area is 144 Å². The number of hydrogen-bond donors (Lipinski definition) is 1. The number of anilines is 1. The van der Waals surface area contributed by atoms with Crippen molar-refractivity contribution in [2.24, 2.45) is 0 Å². The van der Waals surface area contributed by atoms with Crippen LogP contribution in [0.2, 0.25) is 0 Å². The number of morpholine rings is 1. The minimum Gasteiger partial charge on any atom is -0.481 e. The van der Waals surface area contributed by atoms with Crippen molar-refractivity contribution >= 4 is 11.8 Å². The van der Waals surface area contributed by atoms with Gasteiger partial charge in [0.05, 0.1) is 19.8 Å². The number of carbonyl (C=O) groups excluding carboxylic acids is 1. The van der Waals surface area contributed by atoms with Crippen LogP contribution in [-0.2, 0) is 4.74 Å². The maximum absolute atomic E-state index is 13.1. The predicted octanol–water partition coefficient (Wildman–Crippen LogP) is 2.62. The molecule has 1 aliphatic heterocycles. The van der Waals surface area contributed by atoms with Crippen molar-refractivity contribution < 1.29 is 18.7 Å². The van der Waals surface area contributed by atoms with Gasteiger partial charge in [-0.25, -0.2) is 19.2 Å². The highest BCUT2D eigenvalue weighted by Gasteiger charge is 2.29. The molecule has 2 heterocycles. The number of rotatable bonds is 3. The lowest BCUT2D eigenvalue weighted by Crippen LogP contribution is -2.47. The van der Waals surface area contributed by atoms with Gasteiger partial charge in [0.2, 0.25) is 5.88 Å². The normalized spacial score (nSPS) is 20.2. The molecule has 1 aromatic carbocycles. The number of nitrogens with one attached hydrogen (secondary N) is 1. The van der Waals surface area contributed by atoms with E-state index in [2.05, 4.69) is 15.3 Å². The molecule has 1 fully saturated rings. The van der Waals surface area contributed by atoms with Gasteiger partial charge in [0.25, 0.3) is 0 Å². The lowest BCUT2D eigenvalue weighted by atomic mass is 10.1.